The Morgan fingerprint density at radius 3 is 2.74 bits per heavy atom. The Bertz CT molecular complexity index is 521. The molecule has 1 saturated heterocycles. The van der Waals surface area contributed by atoms with Crippen LogP contribution < -0.4 is 9.64 Å². The van der Waals surface area contributed by atoms with Crippen LogP contribution in [0.4, 0.5) is 5.82 Å². The smallest absolute Gasteiger partial charge is 0.147 e. The first-order valence-corrected chi connectivity index (χ1v) is 6.23. The maximum atomic E-state index is 10.1. The van der Waals surface area contributed by atoms with Crippen LogP contribution in [-0.4, -0.2) is 40.4 Å². The minimum Gasteiger partial charge on any atom is -0.486 e. The lowest BCUT2D eigenvalue weighted by molar-refractivity contribution is 0.0738. The van der Waals surface area contributed by atoms with Gasteiger partial charge in [-0.05, 0) is 12.1 Å². The highest BCUT2D eigenvalue weighted by atomic mass is 16.5. The van der Waals surface area contributed by atoms with E-state index in [-0.39, 0.29) is 6.10 Å². The summed E-state index contributed by atoms with van der Waals surface area (Å²) in [6.45, 7) is 1.12. The summed E-state index contributed by atoms with van der Waals surface area (Å²) in [5.41, 5.74) is 0. The summed E-state index contributed by atoms with van der Waals surface area (Å²) in [4.78, 5) is 10.2. The monoisotopic (exact) mass is 257 g/mol. The van der Waals surface area contributed by atoms with Crippen molar-refractivity contribution in [2.24, 2.45) is 0 Å². The summed E-state index contributed by atoms with van der Waals surface area (Å²) in [6.07, 6.45) is 4.20. The van der Waals surface area contributed by atoms with Gasteiger partial charge in [0.2, 0.25) is 0 Å². The van der Waals surface area contributed by atoms with E-state index in [0.29, 0.717) is 13.1 Å². The van der Waals surface area contributed by atoms with Gasteiger partial charge in [-0.2, -0.15) is 0 Å². The summed E-state index contributed by atoms with van der Waals surface area (Å²) in [5.74, 6) is 1.54. The van der Waals surface area contributed by atoms with Gasteiger partial charge in [0.25, 0.3) is 0 Å². The number of benzene rings is 1. The van der Waals surface area contributed by atoms with Gasteiger partial charge in [0.15, 0.2) is 0 Å². The van der Waals surface area contributed by atoms with Gasteiger partial charge in [-0.15, -0.1) is 0 Å². The molecule has 1 aromatic carbocycles. The molecule has 2 aromatic rings. The van der Waals surface area contributed by atoms with Crippen LogP contribution >= 0.6 is 0 Å². The predicted octanol–water partition coefficient (Wildman–Crippen LogP) is 1.11. The number of β-amino-alcohol motifs (C(OH)–C–C–N with tert-alkyl or cyclic N) is 1. The zero-order chi connectivity index (χ0) is 13.1. The molecule has 98 valence electrons. The molecule has 1 aliphatic rings. The quantitative estimate of drug-likeness (QED) is 0.892. The third-order valence-corrected chi connectivity index (χ3v) is 3.14. The Hall–Kier alpha value is -2.14. The number of aliphatic hydroxyl groups is 1. The van der Waals surface area contributed by atoms with Crippen molar-refractivity contribution in [1.29, 1.82) is 0 Å². The highest BCUT2D eigenvalue weighted by Gasteiger charge is 2.33. The third-order valence-electron chi connectivity index (χ3n) is 3.14. The third kappa shape index (κ3) is 2.66. The molecule has 1 aromatic heterocycles. The molecule has 0 aliphatic carbocycles. The zero-order valence-electron chi connectivity index (χ0n) is 10.4. The molecule has 2 atom stereocenters. The summed E-state index contributed by atoms with van der Waals surface area (Å²) in [5, 5.41) is 10.1. The highest BCUT2D eigenvalue weighted by molar-refractivity contribution is 5.38. The maximum absolute atomic E-state index is 10.1. The molecule has 2 heterocycles. The molecule has 0 bridgehead atoms. The van der Waals surface area contributed by atoms with E-state index in [4.69, 9.17) is 4.74 Å². The number of ether oxygens (including phenoxy) is 1. The second kappa shape index (κ2) is 5.24. The van der Waals surface area contributed by atoms with Crippen LogP contribution in [0.1, 0.15) is 0 Å². The molecular formula is C14H15N3O2. The molecule has 0 amide bonds. The van der Waals surface area contributed by atoms with E-state index in [1.54, 1.807) is 18.6 Å². The molecular weight excluding hydrogens is 242 g/mol. The first kappa shape index (κ1) is 11.9. The van der Waals surface area contributed by atoms with Gasteiger partial charge in [-0.1, -0.05) is 18.2 Å². The Labute approximate surface area is 111 Å². The van der Waals surface area contributed by atoms with Crippen molar-refractivity contribution in [2.75, 3.05) is 18.0 Å². The van der Waals surface area contributed by atoms with Crippen LogP contribution in [0.25, 0.3) is 0 Å². The van der Waals surface area contributed by atoms with Crippen LogP contribution in [0.5, 0.6) is 5.75 Å². The van der Waals surface area contributed by atoms with Gasteiger partial charge in [0.05, 0.1) is 12.7 Å². The van der Waals surface area contributed by atoms with E-state index in [0.717, 1.165) is 11.6 Å². The van der Waals surface area contributed by atoms with Crippen LogP contribution in [0.15, 0.2) is 48.9 Å². The number of nitrogens with zero attached hydrogens (tertiary/aromatic N) is 3. The number of anilines is 1. The number of hydrogen-bond donors (Lipinski definition) is 1. The average Bonchev–Trinajstić information content (AvgIpc) is 2.82. The zero-order valence-corrected chi connectivity index (χ0v) is 10.4. The molecule has 19 heavy (non-hydrogen) atoms. The van der Waals surface area contributed by atoms with Crippen LogP contribution in [0, 0.1) is 0 Å². The summed E-state index contributed by atoms with van der Waals surface area (Å²) < 4.78 is 5.80. The van der Waals surface area contributed by atoms with Gasteiger partial charge >= 0.3 is 0 Å². The number of aromatic nitrogens is 2. The maximum Gasteiger partial charge on any atom is 0.147 e. The number of aliphatic hydroxyl groups excluding tert-OH is 1. The van der Waals surface area contributed by atoms with E-state index >= 15 is 0 Å². The van der Waals surface area contributed by atoms with Gasteiger partial charge in [-0.25, -0.2) is 4.98 Å². The molecule has 3 rings (SSSR count). The van der Waals surface area contributed by atoms with Gasteiger partial charge in [0, 0.05) is 18.9 Å². The number of rotatable bonds is 3. The molecule has 0 spiro atoms. The first-order chi connectivity index (χ1) is 9.33. The molecule has 1 fully saturated rings. The Kier molecular flexibility index (Phi) is 3.29. The summed E-state index contributed by atoms with van der Waals surface area (Å²) >= 11 is 0. The highest BCUT2D eigenvalue weighted by Crippen LogP contribution is 2.21. The van der Waals surface area contributed by atoms with Crippen molar-refractivity contribution < 1.29 is 9.84 Å². The van der Waals surface area contributed by atoms with Crippen molar-refractivity contribution in [3.05, 3.63) is 48.9 Å². The normalized spacial score (nSPS) is 22.5. The average molecular weight is 257 g/mol. The van der Waals surface area contributed by atoms with Crippen molar-refractivity contribution in [3.8, 4) is 5.75 Å². The summed E-state index contributed by atoms with van der Waals surface area (Å²) in [7, 11) is 0. The van der Waals surface area contributed by atoms with E-state index in [2.05, 4.69) is 9.97 Å². The Morgan fingerprint density at radius 2 is 2.00 bits per heavy atom. The Balaban J connectivity index is 1.69. The number of hydrogen-bond acceptors (Lipinski definition) is 5. The topological polar surface area (TPSA) is 58.5 Å². The van der Waals surface area contributed by atoms with E-state index in [1.807, 2.05) is 35.2 Å². The van der Waals surface area contributed by atoms with E-state index in [9.17, 15) is 5.11 Å². The number of para-hydroxylation sites is 1. The van der Waals surface area contributed by atoms with E-state index < -0.39 is 6.10 Å². The molecule has 0 radical (unpaired) electrons. The van der Waals surface area contributed by atoms with Gasteiger partial charge in [0.1, 0.15) is 23.8 Å². The molecule has 5 nitrogen and oxygen atoms in total. The van der Waals surface area contributed by atoms with Crippen molar-refractivity contribution in [2.45, 2.75) is 12.2 Å². The van der Waals surface area contributed by atoms with Crippen molar-refractivity contribution >= 4 is 5.82 Å². The molecule has 0 unspecified atom stereocenters. The van der Waals surface area contributed by atoms with Crippen molar-refractivity contribution in [3.63, 3.8) is 0 Å². The lowest BCUT2D eigenvalue weighted by Gasteiger charge is -2.17. The molecule has 1 aliphatic heterocycles. The molecule has 5 heteroatoms. The second-order valence-corrected chi connectivity index (χ2v) is 4.51. The molecule has 0 saturated carbocycles. The predicted molar refractivity (Wildman–Crippen MR) is 71.1 cm³/mol. The molecule has 1 N–H and O–H groups in total. The fourth-order valence-electron chi connectivity index (χ4n) is 2.19. The van der Waals surface area contributed by atoms with Gasteiger partial charge < -0.3 is 14.7 Å². The van der Waals surface area contributed by atoms with E-state index in [1.165, 1.54) is 0 Å². The fourth-order valence-corrected chi connectivity index (χ4v) is 2.19. The lowest BCUT2D eigenvalue weighted by Crippen LogP contribution is -2.29. The van der Waals surface area contributed by atoms with Crippen LogP contribution in [0.3, 0.4) is 0 Å². The summed E-state index contributed by atoms with van der Waals surface area (Å²) in [6, 6.07) is 9.54. The standard InChI is InChI=1S/C14H15N3O2/c18-12-9-17(14-8-15-6-7-16-14)10-13(12)19-11-4-2-1-3-5-11/h1-8,12-13,18H,9-10H2/t12-,13-/m1/s1. The SMILES string of the molecule is O[C@@H]1CN(c2cnccn2)C[C@H]1Oc1ccccc1. The lowest BCUT2D eigenvalue weighted by atomic mass is 10.2. The first-order valence-electron chi connectivity index (χ1n) is 6.23. The van der Waals surface area contributed by atoms with Crippen LogP contribution in [0.2, 0.25) is 0 Å². The minimum absolute atomic E-state index is 0.246. The fraction of sp³-hybridized carbons (Fsp3) is 0.286. The largest absolute Gasteiger partial charge is 0.486 e. The minimum atomic E-state index is -0.526. The van der Waals surface area contributed by atoms with Gasteiger partial charge in [-0.3, -0.25) is 4.98 Å². The van der Waals surface area contributed by atoms with Crippen molar-refractivity contribution in [1.82, 2.24) is 9.97 Å². The van der Waals surface area contributed by atoms with Crippen LogP contribution in [-0.2, 0) is 0 Å². The second-order valence-electron chi connectivity index (χ2n) is 4.51. The Morgan fingerprint density at radius 1 is 1.16 bits per heavy atom.